The van der Waals surface area contributed by atoms with E-state index < -0.39 is 18.0 Å². The standard InChI is InChI=1S/C26H34N4O3/c1-27-24(31)22(17-10-13-19-11-4-2-5-12-19)29-26(33)23(20-14-6-3-7-15-20)30-25(32)21-16-8-9-18-28-21/h2-7,11-12,14-15,21-23,28H,8-10,13,16-18H2,1H3,(H,27,31)(H,29,33)(H,30,32)/t21-,22+,23+/m0/s1. The molecule has 7 heteroatoms. The van der Waals surface area contributed by atoms with Gasteiger partial charge in [-0.2, -0.15) is 0 Å². The summed E-state index contributed by atoms with van der Waals surface area (Å²) in [6.45, 7) is 0.792. The Morgan fingerprint density at radius 1 is 0.939 bits per heavy atom. The fourth-order valence-corrected chi connectivity index (χ4v) is 4.12. The Morgan fingerprint density at radius 2 is 1.64 bits per heavy atom. The Kier molecular flexibility index (Phi) is 9.44. The molecule has 176 valence electrons. The summed E-state index contributed by atoms with van der Waals surface area (Å²) in [6.07, 6.45) is 4.83. The highest BCUT2D eigenvalue weighted by Crippen LogP contribution is 2.16. The van der Waals surface area contributed by atoms with Gasteiger partial charge in [-0.3, -0.25) is 14.4 Å². The molecule has 2 aromatic carbocycles. The molecule has 0 radical (unpaired) electrons. The van der Waals surface area contributed by atoms with Crippen molar-refractivity contribution in [3.8, 4) is 0 Å². The van der Waals surface area contributed by atoms with Gasteiger partial charge in [-0.05, 0) is 49.8 Å². The molecule has 1 saturated heterocycles. The van der Waals surface area contributed by atoms with E-state index in [1.54, 1.807) is 7.05 Å². The average Bonchev–Trinajstić information content (AvgIpc) is 2.87. The fraction of sp³-hybridized carbons (Fsp3) is 0.423. The number of nitrogens with one attached hydrogen (secondary N) is 4. The van der Waals surface area contributed by atoms with E-state index >= 15 is 0 Å². The molecular weight excluding hydrogens is 416 g/mol. The van der Waals surface area contributed by atoms with Crippen molar-refractivity contribution in [1.82, 2.24) is 21.3 Å². The number of amides is 3. The number of carbonyl (C=O) groups is 3. The Labute approximate surface area is 195 Å². The lowest BCUT2D eigenvalue weighted by Crippen LogP contribution is -2.53. The third kappa shape index (κ3) is 7.43. The monoisotopic (exact) mass is 450 g/mol. The number of hydrogen-bond donors (Lipinski definition) is 4. The van der Waals surface area contributed by atoms with E-state index in [4.69, 9.17) is 0 Å². The van der Waals surface area contributed by atoms with E-state index in [0.717, 1.165) is 38.6 Å². The fourth-order valence-electron chi connectivity index (χ4n) is 4.12. The van der Waals surface area contributed by atoms with Gasteiger partial charge >= 0.3 is 0 Å². The molecule has 4 N–H and O–H groups in total. The summed E-state index contributed by atoms with van der Waals surface area (Å²) in [5.41, 5.74) is 1.87. The minimum absolute atomic E-state index is 0.195. The zero-order valence-corrected chi connectivity index (χ0v) is 19.2. The zero-order chi connectivity index (χ0) is 23.5. The first-order valence-electron chi connectivity index (χ1n) is 11.7. The maximum atomic E-state index is 13.3. The van der Waals surface area contributed by atoms with Gasteiger partial charge in [-0.25, -0.2) is 0 Å². The number of aryl methyl sites for hydroxylation is 1. The molecule has 0 saturated carbocycles. The van der Waals surface area contributed by atoms with Crippen LogP contribution < -0.4 is 21.3 Å². The Bertz CT molecular complexity index is 898. The Morgan fingerprint density at radius 3 is 2.27 bits per heavy atom. The third-order valence-corrected chi connectivity index (χ3v) is 5.99. The van der Waals surface area contributed by atoms with Gasteiger partial charge in [0.15, 0.2) is 0 Å². The van der Waals surface area contributed by atoms with Crippen LogP contribution in [0.15, 0.2) is 60.7 Å². The van der Waals surface area contributed by atoms with E-state index in [9.17, 15) is 14.4 Å². The lowest BCUT2D eigenvalue weighted by Gasteiger charge is -2.27. The lowest BCUT2D eigenvalue weighted by atomic mass is 10.0. The summed E-state index contributed by atoms with van der Waals surface area (Å²) in [7, 11) is 1.56. The average molecular weight is 451 g/mol. The topological polar surface area (TPSA) is 99.3 Å². The molecule has 0 unspecified atom stereocenters. The van der Waals surface area contributed by atoms with Crippen molar-refractivity contribution in [3.05, 3.63) is 71.8 Å². The maximum Gasteiger partial charge on any atom is 0.247 e. The predicted octanol–water partition coefficient (Wildman–Crippen LogP) is 2.24. The molecule has 3 atom stereocenters. The molecule has 1 aliphatic rings. The summed E-state index contributed by atoms with van der Waals surface area (Å²) in [5, 5.41) is 11.6. The quantitative estimate of drug-likeness (QED) is 0.446. The van der Waals surface area contributed by atoms with Crippen molar-refractivity contribution in [2.45, 2.75) is 56.7 Å². The second kappa shape index (κ2) is 12.7. The van der Waals surface area contributed by atoms with Crippen molar-refractivity contribution >= 4 is 17.7 Å². The minimum Gasteiger partial charge on any atom is -0.357 e. The van der Waals surface area contributed by atoms with Crippen LogP contribution in [-0.4, -0.2) is 43.4 Å². The number of benzene rings is 2. The number of likely N-dealkylation sites (N-methyl/N-ethyl adjacent to an activating group) is 1. The van der Waals surface area contributed by atoms with Crippen LogP contribution in [0.25, 0.3) is 0 Å². The van der Waals surface area contributed by atoms with Crippen molar-refractivity contribution in [2.75, 3.05) is 13.6 Å². The third-order valence-electron chi connectivity index (χ3n) is 5.99. The molecule has 1 aliphatic heterocycles. The highest BCUT2D eigenvalue weighted by Gasteiger charge is 2.30. The molecule has 7 nitrogen and oxygen atoms in total. The van der Waals surface area contributed by atoms with Crippen LogP contribution in [0.3, 0.4) is 0 Å². The Hall–Kier alpha value is -3.19. The molecule has 3 rings (SSSR count). The summed E-state index contributed by atoms with van der Waals surface area (Å²) >= 11 is 0. The summed E-state index contributed by atoms with van der Waals surface area (Å²) in [6, 6.07) is 17.3. The van der Waals surface area contributed by atoms with Gasteiger partial charge in [0.1, 0.15) is 12.1 Å². The molecule has 1 heterocycles. The van der Waals surface area contributed by atoms with Gasteiger partial charge in [-0.1, -0.05) is 67.1 Å². The molecule has 3 amide bonds. The van der Waals surface area contributed by atoms with Gasteiger partial charge in [0.25, 0.3) is 0 Å². The van der Waals surface area contributed by atoms with Crippen LogP contribution in [0, 0.1) is 0 Å². The number of hydrogen-bond acceptors (Lipinski definition) is 4. The van der Waals surface area contributed by atoms with Crippen molar-refractivity contribution in [2.24, 2.45) is 0 Å². The van der Waals surface area contributed by atoms with Crippen molar-refractivity contribution < 1.29 is 14.4 Å². The summed E-state index contributed by atoms with van der Waals surface area (Å²) in [4.78, 5) is 38.7. The highest BCUT2D eigenvalue weighted by atomic mass is 16.2. The highest BCUT2D eigenvalue weighted by molar-refractivity contribution is 5.93. The van der Waals surface area contributed by atoms with E-state index in [0.29, 0.717) is 12.0 Å². The van der Waals surface area contributed by atoms with Crippen LogP contribution >= 0.6 is 0 Å². The number of rotatable bonds is 10. The van der Waals surface area contributed by atoms with Crippen molar-refractivity contribution in [1.29, 1.82) is 0 Å². The van der Waals surface area contributed by atoms with Gasteiger partial charge in [0, 0.05) is 7.05 Å². The maximum absolute atomic E-state index is 13.3. The number of piperidine rings is 1. The molecule has 0 bridgehead atoms. The smallest absolute Gasteiger partial charge is 0.247 e. The molecular formula is C26H34N4O3. The van der Waals surface area contributed by atoms with Crippen LogP contribution in [0.4, 0.5) is 0 Å². The second-order valence-corrected chi connectivity index (χ2v) is 8.41. The first kappa shape index (κ1) is 24.5. The lowest BCUT2D eigenvalue weighted by molar-refractivity contribution is -0.133. The van der Waals surface area contributed by atoms with E-state index in [1.165, 1.54) is 5.56 Å². The SMILES string of the molecule is CNC(=O)[C@@H](CCCc1ccccc1)NC(=O)[C@H](NC(=O)[C@@H]1CCCCN1)c1ccccc1. The zero-order valence-electron chi connectivity index (χ0n) is 19.2. The van der Waals surface area contributed by atoms with Crippen molar-refractivity contribution in [3.63, 3.8) is 0 Å². The first-order chi connectivity index (χ1) is 16.1. The van der Waals surface area contributed by atoms with Crippen LogP contribution in [-0.2, 0) is 20.8 Å². The molecule has 1 fully saturated rings. The minimum atomic E-state index is -0.872. The predicted molar refractivity (Wildman–Crippen MR) is 128 cm³/mol. The molecule has 0 aromatic heterocycles. The molecule has 2 aromatic rings. The molecule has 33 heavy (non-hydrogen) atoms. The van der Waals surface area contributed by atoms with E-state index in [2.05, 4.69) is 21.3 Å². The molecule has 0 aliphatic carbocycles. The normalized spacial score (nSPS) is 17.4. The van der Waals surface area contributed by atoms with Crippen LogP contribution in [0.2, 0.25) is 0 Å². The van der Waals surface area contributed by atoms with Gasteiger partial charge in [-0.15, -0.1) is 0 Å². The summed E-state index contributed by atoms with van der Waals surface area (Å²) in [5.74, 6) is -0.832. The van der Waals surface area contributed by atoms with Gasteiger partial charge in [0.05, 0.1) is 6.04 Å². The molecule has 0 spiro atoms. The van der Waals surface area contributed by atoms with E-state index in [1.807, 2.05) is 60.7 Å². The first-order valence-corrected chi connectivity index (χ1v) is 11.7. The van der Waals surface area contributed by atoms with Gasteiger partial charge < -0.3 is 21.3 Å². The largest absolute Gasteiger partial charge is 0.357 e. The van der Waals surface area contributed by atoms with E-state index in [-0.39, 0.29) is 17.9 Å². The summed E-state index contributed by atoms with van der Waals surface area (Å²) < 4.78 is 0. The number of carbonyl (C=O) groups excluding carboxylic acids is 3. The van der Waals surface area contributed by atoms with Crippen LogP contribution in [0.1, 0.15) is 49.3 Å². The van der Waals surface area contributed by atoms with Crippen LogP contribution in [0.5, 0.6) is 0 Å². The second-order valence-electron chi connectivity index (χ2n) is 8.41. The van der Waals surface area contributed by atoms with Gasteiger partial charge in [0.2, 0.25) is 17.7 Å². The Balaban J connectivity index is 1.67.